The molecule has 1 N–H and O–H groups in total. The first-order chi connectivity index (χ1) is 12.6. The SMILES string of the molecule is CC1CCCC[NH+]1Cc1c([O-])ccc2c(-c3ccccc3)cc(=O)oc12. The van der Waals surface area contributed by atoms with E-state index in [0.717, 1.165) is 23.1 Å². The third-order valence-corrected chi connectivity index (χ3v) is 5.54. The van der Waals surface area contributed by atoms with Gasteiger partial charge in [0.05, 0.1) is 12.6 Å². The highest BCUT2D eigenvalue weighted by molar-refractivity contribution is 5.95. The van der Waals surface area contributed by atoms with Gasteiger partial charge >= 0.3 is 5.63 Å². The summed E-state index contributed by atoms with van der Waals surface area (Å²) in [5.74, 6) is -0.0452. The van der Waals surface area contributed by atoms with Crippen LogP contribution >= 0.6 is 0 Å². The summed E-state index contributed by atoms with van der Waals surface area (Å²) in [5, 5.41) is 13.4. The normalized spacial score (nSPS) is 20.3. The summed E-state index contributed by atoms with van der Waals surface area (Å²) in [6.45, 7) is 3.90. The molecule has 0 bridgehead atoms. The Morgan fingerprint density at radius 3 is 2.73 bits per heavy atom. The maximum atomic E-state index is 12.6. The third kappa shape index (κ3) is 3.13. The second kappa shape index (κ2) is 6.96. The van der Waals surface area contributed by atoms with E-state index >= 15 is 0 Å². The summed E-state index contributed by atoms with van der Waals surface area (Å²) in [4.78, 5) is 13.6. The van der Waals surface area contributed by atoms with Gasteiger partial charge in [0, 0.05) is 17.0 Å². The van der Waals surface area contributed by atoms with Crippen molar-refractivity contribution >= 4 is 11.0 Å². The lowest BCUT2D eigenvalue weighted by Crippen LogP contribution is -3.14. The zero-order chi connectivity index (χ0) is 18.1. The average Bonchev–Trinajstić information content (AvgIpc) is 2.66. The van der Waals surface area contributed by atoms with Crippen LogP contribution in [0.3, 0.4) is 0 Å². The molecule has 0 radical (unpaired) electrons. The highest BCUT2D eigenvalue weighted by Gasteiger charge is 2.24. The number of rotatable bonds is 3. The van der Waals surface area contributed by atoms with Gasteiger partial charge in [-0.25, -0.2) is 4.79 Å². The molecule has 4 nitrogen and oxygen atoms in total. The molecule has 4 heteroatoms. The van der Waals surface area contributed by atoms with Gasteiger partial charge < -0.3 is 14.4 Å². The Morgan fingerprint density at radius 2 is 1.96 bits per heavy atom. The van der Waals surface area contributed by atoms with E-state index in [1.165, 1.54) is 30.2 Å². The Morgan fingerprint density at radius 1 is 1.15 bits per heavy atom. The van der Waals surface area contributed by atoms with Crippen LogP contribution in [0.25, 0.3) is 22.1 Å². The van der Waals surface area contributed by atoms with Gasteiger partial charge in [-0.1, -0.05) is 48.2 Å². The fraction of sp³-hybridized carbons (Fsp3) is 0.318. The van der Waals surface area contributed by atoms with Gasteiger partial charge in [0.2, 0.25) is 0 Å². The maximum Gasteiger partial charge on any atom is 0.336 e. The first kappa shape index (κ1) is 16.9. The molecule has 1 aliphatic heterocycles. The number of likely N-dealkylation sites (tertiary alicyclic amines) is 1. The fourth-order valence-electron chi connectivity index (χ4n) is 4.03. The predicted molar refractivity (Wildman–Crippen MR) is 100 cm³/mol. The van der Waals surface area contributed by atoms with E-state index in [-0.39, 0.29) is 5.75 Å². The third-order valence-electron chi connectivity index (χ3n) is 5.54. The number of hydrogen-bond donors (Lipinski definition) is 1. The molecular weight excluding hydrogens is 326 g/mol. The number of quaternary nitrogens is 1. The van der Waals surface area contributed by atoms with Gasteiger partial charge in [0.25, 0.3) is 0 Å². The summed E-state index contributed by atoms with van der Waals surface area (Å²) >= 11 is 0. The van der Waals surface area contributed by atoms with Gasteiger partial charge in [0.1, 0.15) is 12.1 Å². The standard InChI is InChI=1S/C22H23NO3/c1-15-7-5-6-12-23(15)14-19-20(24)11-10-17-18(13-21(25)26-22(17)19)16-8-3-2-4-9-16/h2-4,8-11,13,15,24H,5-7,12,14H2,1H3. The quantitative estimate of drug-likeness (QED) is 0.739. The fourth-order valence-corrected chi connectivity index (χ4v) is 4.03. The Hall–Kier alpha value is -2.59. The summed E-state index contributed by atoms with van der Waals surface area (Å²) < 4.78 is 5.54. The predicted octanol–water partition coefficient (Wildman–Crippen LogP) is 2.49. The van der Waals surface area contributed by atoms with Crippen molar-refractivity contribution < 1.29 is 14.4 Å². The van der Waals surface area contributed by atoms with Gasteiger partial charge in [-0.2, -0.15) is 0 Å². The molecule has 0 aliphatic carbocycles. The second-order valence-electron chi connectivity index (χ2n) is 7.25. The van der Waals surface area contributed by atoms with E-state index in [9.17, 15) is 9.90 Å². The van der Waals surface area contributed by atoms with Crippen LogP contribution in [0, 0.1) is 0 Å². The minimum Gasteiger partial charge on any atom is -0.872 e. The summed E-state index contributed by atoms with van der Waals surface area (Å²) in [6.07, 6.45) is 3.60. The van der Waals surface area contributed by atoms with Crippen molar-refractivity contribution in [3.63, 3.8) is 0 Å². The van der Waals surface area contributed by atoms with Crippen LogP contribution in [0.15, 0.2) is 57.7 Å². The zero-order valence-corrected chi connectivity index (χ0v) is 15.0. The van der Waals surface area contributed by atoms with Crippen LogP contribution in [-0.4, -0.2) is 12.6 Å². The van der Waals surface area contributed by atoms with Crippen molar-refractivity contribution in [2.24, 2.45) is 0 Å². The molecule has 134 valence electrons. The smallest absolute Gasteiger partial charge is 0.336 e. The molecule has 0 amide bonds. The van der Waals surface area contributed by atoms with Crippen molar-refractivity contribution in [3.8, 4) is 16.9 Å². The molecule has 2 aromatic carbocycles. The van der Waals surface area contributed by atoms with E-state index in [4.69, 9.17) is 4.42 Å². The summed E-state index contributed by atoms with van der Waals surface area (Å²) in [7, 11) is 0. The van der Waals surface area contributed by atoms with Gasteiger partial charge in [-0.3, -0.25) is 0 Å². The van der Waals surface area contributed by atoms with Crippen molar-refractivity contribution in [1.82, 2.24) is 0 Å². The molecule has 1 aliphatic rings. The number of benzene rings is 2. The van der Waals surface area contributed by atoms with Crippen LogP contribution in [0.4, 0.5) is 0 Å². The van der Waals surface area contributed by atoms with Crippen LogP contribution in [-0.2, 0) is 6.54 Å². The molecule has 4 rings (SSSR count). The topological polar surface area (TPSA) is 57.7 Å². The second-order valence-corrected chi connectivity index (χ2v) is 7.25. The maximum absolute atomic E-state index is 12.6. The first-order valence-electron chi connectivity index (χ1n) is 9.30. The Kier molecular flexibility index (Phi) is 4.51. The summed E-state index contributed by atoms with van der Waals surface area (Å²) in [6, 6.07) is 15.2. The minimum absolute atomic E-state index is 0.0452. The molecular formula is C22H23NO3. The molecule has 26 heavy (non-hydrogen) atoms. The van der Waals surface area contributed by atoms with Crippen LogP contribution in [0.5, 0.6) is 5.75 Å². The van der Waals surface area contributed by atoms with E-state index in [1.54, 1.807) is 12.1 Å². The lowest BCUT2D eigenvalue weighted by atomic mass is 9.98. The molecule has 0 saturated carbocycles. The molecule has 1 aromatic heterocycles. The molecule has 1 saturated heterocycles. The Labute approximate surface area is 152 Å². The van der Waals surface area contributed by atoms with Gasteiger partial charge in [-0.05, 0) is 37.3 Å². The monoisotopic (exact) mass is 349 g/mol. The van der Waals surface area contributed by atoms with Crippen LogP contribution < -0.4 is 15.6 Å². The van der Waals surface area contributed by atoms with Gasteiger partial charge in [-0.15, -0.1) is 0 Å². The van der Waals surface area contributed by atoms with E-state index in [1.807, 2.05) is 30.3 Å². The van der Waals surface area contributed by atoms with Crippen molar-refractivity contribution in [1.29, 1.82) is 0 Å². The largest absolute Gasteiger partial charge is 0.872 e. The number of hydrogen-bond acceptors (Lipinski definition) is 3. The van der Waals surface area contributed by atoms with E-state index in [0.29, 0.717) is 23.7 Å². The molecule has 2 unspecified atom stereocenters. The lowest BCUT2D eigenvalue weighted by Gasteiger charge is -2.31. The minimum atomic E-state index is -0.412. The van der Waals surface area contributed by atoms with Crippen molar-refractivity contribution in [2.45, 2.75) is 38.8 Å². The van der Waals surface area contributed by atoms with Crippen LogP contribution in [0.1, 0.15) is 31.7 Å². The van der Waals surface area contributed by atoms with E-state index in [2.05, 4.69) is 6.92 Å². The Bertz CT molecular complexity index is 978. The summed E-state index contributed by atoms with van der Waals surface area (Å²) in [5.41, 5.74) is 2.44. The molecule has 3 aromatic rings. The van der Waals surface area contributed by atoms with Crippen LogP contribution in [0.2, 0.25) is 0 Å². The van der Waals surface area contributed by atoms with Gasteiger partial charge in [0.15, 0.2) is 0 Å². The number of piperidine rings is 1. The lowest BCUT2D eigenvalue weighted by molar-refractivity contribution is -0.941. The number of nitrogens with one attached hydrogen (secondary N) is 1. The van der Waals surface area contributed by atoms with Crippen molar-refractivity contribution in [2.75, 3.05) is 6.54 Å². The van der Waals surface area contributed by atoms with E-state index < -0.39 is 5.63 Å². The zero-order valence-electron chi connectivity index (χ0n) is 15.0. The highest BCUT2D eigenvalue weighted by atomic mass is 16.4. The molecule has 2 heterocycles. The molecule has 1 fully saturated rings. The number of fused-ring (bicyclic) bond motifs is 1. The highest BCUT2D eigenvalue weighted by Crippen LogP contribution is 2.31. The Balaban J connectivity index is 1.87. The first-order valence-corrected chi connectivity index (χ1v) is 9.30. The average molecular weight is 349 g/mol. The molecule has 0 spiro atoms. The molecule has 2 atom stereocenters. The van der Waals surface area contributed by atoms with Crippen molar-refractivity contribution in [3.05, 3.63) is 64.5 Å².